The second-order valence-electron chi connectivity index (χ2n) is 5.05. The Labute approximate surface area is 105 Å². The standard InChI is InChI=1S/C12H18N2O4/c15-10-4-3-9(13-10)12(18)14-5-1-2-8(7-14)6-11(16)17/h8-9H,1-7H2,(H,13,15)(H,16,17). The molecule has 2 heterocycles. The molecule has 0 aromatic carbocycles. The van der Waals surface area contributed by atoms with Gasteiger partial charge in [-0.3, -0.25) is 14.4 Å². The Kier molecular flexibility index (Phi) is 3.84. The zero-order chi connectivity index (χ0) is 13.1. The first-order chi connectivity index (χ1) is 8.56. The van der Waals surface area contributed by atoms with E-state index < -0.39 is 12.0 Å². The van der Waals surface area contributed by atoms with Gasteiger partial charge < -0.3 is 15.3 Å². The Balaban J connectivity index is 1.90. The number of amides is 2. The molecular formula is C12H18N2O4. The number of carboxylic acids is 1. The van der Waals surface area contributed by atoms with E-state index in [2.05, 4.69) is 5.32 Å². The van der Waals surface area contributed by atoms with Crippen molar-refractivity contribution in [2.24, 2.45) is 5.92 Å². The summed E-state index contributed by atoms with van der Waals surface area (Å²) >= 11 is 0. The topological polar surface area (TPSA) is 86.7 Å². The molecule has 0 aromatic heterocycles. The van der Waals surface area contributed by atoms with Gasteiger partial charge in [0.15, 0.2) is 0 Å². The van der Waals surface area contributed by atoms with Gasteiger partial charge >= 0.3 is 5.97 Å². The quantitative estimate of drug-likeness (QED) is 0.741. The van der Waals surface area contributed by atoms with E-state index in [9.17, 15) is 14.4 Å². The Hall–Kier alpha value is -1.59. The van der Waals surface area contributed by atoms with Crippen molar-refractivity contribution in [1.82, 2.24) is 10.2 Å². The highest BCUT2D eigenvalue weighted by molar-refractivity contribution is 5.90. The van der Waals surface area contributed by atoms with Crippen LogP contribution in [-0.4, -0.2) is 46.9 Å². The summed E-state index contributed by atoms with van der Waals surface area (Å²) in [5.41, 5.74) is 0. The third-order valence-corrected chi connectivity index (χ3v) is 3.59. The predicted molar refractivity (Wildman–Crippen MR) is 62.7 cm³/mol. The zero-order valence-electron chi connectivity index (χ0n) is 10.2. The lowest BCUT2D eigenvalue weighted by molar-refractivity contribution is -0.141. The second kappa shape index (κ2) is 5.37. The molecule has 0 bridgehead atoms. The average Bonchev–Trinajstić information content (AvgIpc) is 2.74. The zero-order valence-corrected chi connectivity index (χ0v) is 10.2. The van der Waals surface area contributed by atoms with E-state index in [0.717, 1.165) is 12.8 Å². The Bertz CT molecular complexity index is 369. The molecule has 6 nitrogen and oxygen atoms in total. The smallest absolute Gasteiger partial charge is 0.303 e. The number of nitrogens with one attached hydrogen (secondary N) is 1. The highest BCUT2D eigenvalue weighted by Crippen LogP contribution is 2.21. The first-order valence-corrected chi connectivity index (χ1v) is 6.36. The van der Waals surface area contributed by atoms with Crippen molar-refractivity contribution >= 4 is 17.8 Å². The fraction of sp³-hybridized carbons (Fsp3) is 0.750. The largest absolute Gasteiger partial charge is 0.481 e. The van der Waals surface area contributed by atoms with Gasteiger partial charge in [0.25, 0.3) is 0 Å². The van der Waals surface area contributed by atoms with E-state index in [-0.39, 0.29) is 24.2 Å². The van der Waals surface area contributed by atoms with Crippen LogP contribution in [0.25, 0.3) is 0 Å². The fourth-order valence-corrected chi connectivity index (χ4v) is 2.70. The number of hydrogen-bond donors (Lipinski definition) is 2. The number of hydrogen-bond acceptors (Lipinski definition) is 3. The highest BCUT2D eigenvalue weighted by Gasteiger charge is 2.33. The molecule has 2 rings (SSSR count). The van der Waals surface area contributed by atoms with Crippen LogP contribution in [0.4, 0.5) is 0 Å². The van der Waals surface area contributed by atoms with Crippen LogP contribution in [0.1, 0.15) is 32.1 Å². The molecule has 2 fully saturated rings. The molecule has 2 atom stereocenters. The Morgan fingerprint density at radius 3 is 2.78 bits per heavy atom. The lowest BCUT2D eigenvalue weighted by Crippen LogP contribution is -2.48. The van der Waals surface area contributed by atoms with Gasteiger partial charge in [0.1, 0.15) is 6.04 Å². The number of likely N-dealkylation sites (tertiary alicyclic amines) is 1. The van der Waals surface area contributed by atoms with Gasteiger partial charge in [-0.15, -0.1) is 0 Å². The maximum atomic E-state index is 12.1. The summed E-state index contributed by atoms with van der Waals surface area (Å²) in [6.45, 7) is 1.17. The van der Waals surface area contributed by atoms with Crippen LogP contribution >= 0.6 is 0 Å². The normalized spacial score (nSPS) is 28.0. The van der Waals surface area contributed by atoms with Gasteiger partial charge in [0.05, 0.1) is 0 Å². The number of carbonyl (C=O) groups excluding carboxylic acids is 2. The van der Waals surface area contributed by atoms with Gasteiger partial charge in [-0.25, -0.2) is 0 Å². The minimum absolute atomic E-state index is 0.0392. The second-order valence-corrected chi connectivity index (χ2v) is 5.05. The van der Waals surface area contributed by atoms with E-state index in [1.165, 1.54) is 0 Å². The lowest BCUT2D eigenvalue weighted by atomic mass is 9.94. The van der Waals surface area contributed by atoms with E-state index in [0.29, 0.717) is 25.9 Å². The average molecular weight is 254 g/mol. The molecule has 2 unspecified atom stereocenters. The number of piperidine rings is 1. The van der Waals surface area contributed by atoms with Crippen molar-refractivity contribution in [2.45, 2.75) is 38.1 Å². The summed E-state index contributed by atoms with van der Waals surface area (Å²) in [7, 11) is 0. The molecule has 18 heavy (non-hydrogen) atoms. The van der Waals surface area contributed by atoms with Crippen LogP contribution in [0, 0.1) is 5.92 Å². The SMILES string of the molecule is O=C(O)CC1CCCN(C(=O)C2CCC(=O)N2)C1. The molecule has 2 aliphatic heterocycles. The molecule has 100 valence electrons. The molecular weight excluding hydrogens is 236 g/mol. The van der Waals surface area contributed by atoms with Crippen LogP contribution in [0.3, 0.4) is 0 Å². The molecule has 6 heteroatoms. The molecule has 2 saturated heterocycles. The number of rotatable bonds is 3. The van der Waals surface area contributed by atoms with Crippen LogP contribution < -0.4 is 5.32 Å². The molecule has 2 N–H and O–H groups in total. The maximum absolute atomic E-state index is 12.1. The summed E-state index contributed by atoms with van der Waals surface area (Å²) in [4.78, 5) is 35.6. The number of nitrogens with zero attached hydrogens (tertiary/aromatic N) is 1. The third-order valence-electron chi connectivity index (χ3n) is 3.59. The van der Waals surface area contributed by atoms with Crippen LogP contribution in [-0.2, 0) is 14.4 Å². The molecule has 0 aliphatic carbocycles. The number of carbonyl (C=O) groups is 3. The van der Waals surface area contributed by atoms with Gasteiger partial charge in [0, 0.05) is 25.9 Å². The van der Waals surface area contributed by atoms with Crippen molar-refractivity contribution in [1.29, 1.82) is 0 Å². The minimum Gasteiger partial charge on any atom is -0.481 e. The monoisotopic (exact) mass is 254 g/mol. The van der Waals surface area contributed by atoms with E-state index in [1.807, 2.05) is 0 Å². The maximum Gasteiger partial charge on any atom is 0.303 e. The van der Waals surface area contributed by atoms with Crippen molar-refractivity contribution < 1.29 is 19.5 Å². The molecule has 0 aromatic rings. The highest BCUT2D eigenvalue weighted by atomic mass is 16.4. The van der Waals surface area contributed by atoms with Gasteiger partial charge in [-0.1, -0.05) is 0 Å². The lowest BCUT2D eigenvalue weighted by Gasteiger charge is -2.33. The first kappa shape index (κ1) is 12.9. The predicted octanol–water partition coefficient (Wildman–Crippen LogP) is -0.0217. The first-order valence-electron chi connectivity index (χ1n) is 6.36. The van der Waals surface area contributed by atoms with Crippen molar-refractivity contribution in [3.8, 4) is 0 Å². The van der Waals surface area contributed by atoms with Crippen LogP contribution in [0.2, 0.25) is 0 Å². The number of aliphatic carboxylic acids is 1. The summed E-state index contributed by atoms with van der Waals surface area (Å²) in [5, 5.41) is 11.4. The number of carboxylic acid groups (broad SMARTS) is 1. The molecule has 2 aliphatic rings. The van der Waals surface area contributed by atoms with E-state index >= 15 is 0 Å². The van der Waals surface area contributed by atoms with Gasteiger partial charge in [-0.2, -0.15) is 0 Å². The fourth-order valence-electron chi connectivity index (χ4n) is 2.70. The Morgan fingerprint density at radius 2 is 2.17 bits per heavy atom. The summed E-state index contributed by atoms with van der Waals surface area (Å²) in [6.07, 6.45) is 2.76. The van der Waals surface area contributed by atoms with Crippen molar-refractivity contribution in [2.75, 3.05) is 13.1 Å². The molecule has 0 radical (unpaired) electrons. The van der Waals surface area contributed by atoms with E-state index in [1.54, 1.807) is 4.90 Å². The molecule has 0 spiro atoms. The van der Waals surface area contributed by atoms with E-state index in [4.69, 9.17) is 5.11 Å². The summed E-state index contributed by atoms with van der Waals surface area (Å²) < 4.78 is 0. The summed E-state index contributed by atoms with van der Waals surface area (Å²) in [5.74, 6) is -0.913. The Morgan fingerprint density at radius 1 is 1.39 bits per heavy atom. The summed E-state index contributed by atoms with van der Waals surface area (Å²) in [6, 6.07) is -0.402. The third kappa shape index (κ3) is 3.00. The van der Waals surface area contributed by atoms with Crippen molar-refractivity contribution in [3.63, 3.8) is 0 Å². The van der Waals surface area contributed by atoms with Crippen LogP contribution in [0.15, 0.2) is 0 Å². The van der Waals surface area contributed by atoms with Crippen molar-refractivity contribution in [3.05, 3.63) is 0 Å². The molecule has 2 amide bonds. The van der Waals surface area contributed by atoms with Gasteiger partial charge in [0.2, 0.25) is 11.8 Å². The van der Waals surface area contributed by atoms with Gasteiger partial charge in [-0.05, 0) is 25.2 Å². The van der Waals surface area contributed by atoms with Crippen LogP contribution in [0.5, 0.6) is 0 Å². The molecule has 0 saturated carbocycles. The minimum atomic E-state index is -0.816.